The summed E-state index contributed by atoms with van der Waals surface area (Å²) in [6, 6.07) is 21.7. The molecular weight excluding hydrogens is 296 g/mol. The van der Waals surface area contributed by atoms with Crippen LogP contribution in [0.5, 0.6) is 0 Å². The summed E-state index contributed by atoms with van der Waals surface area (Å²) in [5, 5.41) is 0. The Kier molecular flexibility index (Phi) is 4.39. The molecule has 3 aromatic rings. The van der Waals surface area contributed by atoms with Crippen molar-refractivity contribution in [1.82, 2.24) is 0 Å². The minimum Gasteiger partial charge on any atom is -0.294 e. The van der Waals surface area contributed by atoms with E-state index in [1.54, 1.807) is 12.1 Å². The maximum Gasteiger partial charge on any atom is 0.225 e. The van der Waals surface area contributed by atoms with Crippen LogP contribution in [0.1, 0.15) is 21.5 Å². The first-order valence-corrected chi connectivity index (χ1v) is 7.87. The summed E-state index contributed by atoms with van der Waals surface area (Å²) in [6.45, 7) is 4.13. The average Bonchev–Trinajstić information content (AvgIpc) is 2.62. The maximum atomic E-state index is 11.9. The molecule has 0 saturated heterocycles. The molecule has 0 aromatic heterocycles. The Bertz CT molecular complexity index is 906. The molecule has 0 fully saturated rings. The van der Waals surface area contributed by atoms with E-state index in [1.807, 2.05) is 24.3 Å². The molecule has 2 nitrogen and oxygen atoms in total. The first kappa shape index (κ1) is 15.9. The highest BCUT2D eigenvalue weighted by molar-refractivity contribution is 6.34. The quantitative estimate of drug-likeness (QED) is 0.385. The minimum absolute atomic E-state index is 0.369. The predicted molar refractivity (Wildman–Crippen MR) is 97.2 cm³/mol. The van der Waals surface area contributed by atoms with Crippen LogP contribution < -0.4 is 0 Å². The zero-order valence-corrected chi connectivity index (χ0v) is 13.7. The summed E-state index contributed by atoms with van der Waals surface area (Å²) in [5.41, 5.74) is 6.80. The monoisotopic (exact) mass is 314 g/mol. The summed E-state index contributed by atoms with van der Waals surface area (Å²) < 4.78 is 0. The molecular formula is C22H18O2. The van der Waals surface area contributed by atoms with Gasteiger partial charge in [-0.3, -0.25) is 9.59 Å². The summed E-state index contributed by atoms with van der Waals surface area (Å²) >= 11 is 0. The third-order valence-electron chi connectivity index (χ3n) is 4.21. The van der Waals surface area contributed by atoms with Crippen molar-refractivity contribution in [1.29, 1.82) is 0 Å². The summed E-state index contributed by atoms with van der Waals surface area (Å²) in [6.07, 6.45) is 0.369. The molecule has 118 valence electrons. The van der Waals surface area contributed by atoms with E-state index in [-0.39, 0.29) is 0 Å². The lowest BCUT2D eigenvalue weighted by molar-refractivity contribution is -0.104. The van der Waals surface area contributed by atoms with Crippen LogP contribution in [-0.2, 0) is 4.79 Å². The predicted octanol–water partition coefficient (Wildman–Crippen LogP) is 5.02. The Morgan fingerprint density at radius 1 is 0.792 bits per heavy atom. The number of aryl methyl sites for hydroxylation is 2. The van der Waals surface area contributed by atoms with E-state index in [4.69, 9.17) is 0 Å². The molecule has 0 aliphatic carbocycles. The van der Waals surface area contributed by atoms with E-state index in [1.165, 1.54) is 11.1 Å². The molecule has 0 bridgehead atoms. The van der Waals surface area contributed by atoms with Crippen LogP contribution in [0.2, 0.25) is 0 Å². The van der Waals surface area contributed by atoms with Crippen LogP contribution in [-0.4, -0.2) is 12.1 Å². The third-order valence-corrected chi connectivity index (χ3v) is 4.21. The number of carbonyl (C=O) groups is 2. The molecule has 0 unspecified atom stereocenters. The van der Waals surface area contributed by atoms with Gasteiger partial charge in [0.25, 0.3) is 0 Å². The average molecular weight is 314 g/mol. The number of carbonyl (C=O) groups excluding carboxylic acids is 2. The topological polar surface area (TPSA) is 34.1 Å². The normalized spacial score (nSPS) is 10.4. The fraction of sp³-hybridized carbons (Fsp3) is 0.0909. The van der Waals surface area contributed by atoms with Gasteiger partial charge in [-0.2, -0.15) is 0 Å². The zero-order valence-electron chi connectivity index (χ0n) is 13.7. The van der Waals surface area contributed by atoms with E-state index < -0.39 is 5.78 Å². The van der Waals surface area contributed by atoms with Crippen LogP contribution >= 0.6 is 0 Å². The second kappa shape index (κ2) is 6.63. The molecule has 0 saturated carbocycles. The second-order valence-electron chi connectivity index (χ2n) is 5.92. The third kappa shape index (κ3) is 3.04. The molecule has 0 spiro atoms. The van der Waals surface area contributed by atoms with Gasteiger partial charge < -0.3 is 0 Å². The van der Waals surface area contributed by atoms with Crippen molar-refractivity contribution in [2.24, 2.45) is 0 Å². The van der Waals surface area contributed by atoms with Gasteiger partial charge in [-0.05, 0) is 47.7 Å². The number of aldehydes is 1. The Morgan fingerprint density at radius 3 is 2.17 bits per heavy atom. The van der Waals surface area contributed by atoms with Gasteiger partial charge in [0.05, 0.1) is 0 Å². The molecule has 0 N–H and O–H groups in total. The highest BCUT2D eigenvalue weighted by atomic mass is 16.2. The van der Waals surface area contributed by atoms with Crippen molar-refractivity contribution in [3.05, 3.63) is 83.4 Å². The van der Waals surface area contributed by atoms with Crippen molar-refractivity contribution in [3.63, 3.8) is 0 Å². The second-order valence-corrected chi connectivity index (χ2v) is 5.92. The molecule has 0 heterocycles. The Hall–Kier alpha value is -3.00. The molecule has 2 heteroatoms. The van der Waals surface area contributed by atoms with E-state index in [0.29, 0.717) is 11.8 Å². The van der Waals surface area contributed by atoms with Gasteiger partial charge in [-0.25, -0.2) is 0 Å². The molecule has 0 amide bonds. The van der Waals surface area contributed by atoms with E-state index in [0.717, 1.165) is 22.3 Å². The van der Waals surface area contributed by atoms with Crippen molar-refractivity contribution < 1.29 is 9.59 Å². The van der Waals surface area contributed by atoms with Gasteiger partial charge >= 0.3 is 0 Å². The van der Waals surface area contributed by atoms with Crippen molar-refractivity contribution in [2.45, 2.75) is 13.8 Å². The lowest BCUT2D eigenvalue weighted by Crippen LogP contribution is -2.02. The maximum absolute atomic E-state index is 11.9. The Balaban J connectivity index is 2.15. The fourth-order valence-corrected chi connectivity index (χ4v) is 2.85. The van der Waals surface area contributed by atoms with Gasteiger partial charge in [0.1, 0.15) is 0 Å². The molecule has 3 rings (SSSR count). The molecule has 0 atom stereocenters. The smallest absolute Gasteiger partial charge is 0.225 e. The number of hydrogen-bond acceptors (Lipinski definition) is 2. The first-order chi connectivity index (χ1) is 11.6. The summed E-state index contributed by atoms with van der Waals surface area (Å²) in [7, 11) is 0. The molecule has 0 aliphatic rings. The summed E-state index contributed by atoms with van der Waals surface area (Å²) in [4.78, 5) is 22.8. The fourth-order valence-electron chi connectivity index (χ4n) is 2.85. The number of benzene rings is 3. The minimum atomic E-state index is -0.497. The van der Waals surface area contributed by atoms with Gasteiger partial charge in [-0.1, -0.05) is 66.2 Å². The highest BCUT2D eigenvalue weighted by Gasteiger charge is 2.13. The first-order valence-electron chi connectivity index (χ1n) is 7.87. The number of ketones is 1. The lowest BCUT2D eigenvalue weighted by atomic mass is 9.92. The van der Waals surface area contributed by atoms with Crippen molar-refractivity contribution in [2.75, 3.05) is 0 Å². The van der Waals surface area contributed by atoms with Gasteiger partial charge in [0.15, 0.2) is 6.29 Å². The number of Topliss-reactive ketones (excluding diaryl/α,β-unsaturated/α-hetero) is 1. The number of rotatable bonds is 4. The van der Waals surface area contributed by atoms with Crippen LogP contribution in [0.3, 0.4) is 0 Å². The van der Waals surface area contributed by atoms with Crippen LogP contribution in [0.25, 0.3) is 22.3 Å². The SMILES string of the molecule is Cc1ccc(-c2cc(-c3ccccc3C(=O)C=O)ccc2C)cc1. The largest absolute Gasteiger partial charge is 0.294 e. The molecule has 0 radical (unpaired) electrons. The van der Waals surface area contributed by atoms with Crippen molar-refractivity contribution in [3.8, 4) is 22.3 Å². The van der Waals surface area contributed by atoms with Crippen LogP contribution in [0, 0.1) is 13.8 Å². The van der Waals surface area contributed by atoms with Gasteiger partial charge in [-0.15, -0.1) is 0 Å². The zero-order chi connectivity index (χ0) is 17.1. The molecule has 24 heavy (non-hydrogen) atoms. The summed E-state index contributed by atoms with van der Waals surface area (Å²) in [5.74, 6) is -0.497. The van der Waals surface area contributed by atoms with Gasteiger partial charge in [0, 0.05) is 5.56 Å². The highest BCUT2D eigenvalue weighted by Crippen LogP contribution is 2.31. The van der Waals surface area contributed by atoms with Crippen molar-refractivity contribution >= 4 is 12.1 Å². The van der Waals surface area contributed by atoms with Crippen LogP contribution in [0.4, 0.5) is 0 Å². The lowest BCUT2D eigenvalue weighted by Gasteiger charge is -2.12. The van der Waals surface area contributed by atoms with E-state index in [2.05, 4.69) is 44.2 Å². The molecule has 3 aromatic carbocycles. The Labute approximate surface area is 141 Å². The van der Waals surface area contributed by atoms with Gasteiger partial charge in [0.2, 0.25) is 5.78 Å². The Morgan fingerprint density at radius 2 is 1.46 bits per heavy atom. The van der Waals surface area contributed by atoms with E-state index >= 15 is 0 Å². The van der Waals surface area contributed by atoms with E-state index in [9.17, 15) is 9.59 Å². The molecule has 0 aliphatic heterocycles. The van der Waals surface area contributed by atoms with Crippen LogP contribution in [0.15, 0.2) is 66.7 Å². The standard InChI is InChI=1S/C22H18O2/c1-15-7-10-17(11-8-15)21-13-18(12-9-16(21)2)19-5-3-4-6-20(19)22(24)14-23/h3-14H,1-2H3. The number of hydrogen-bond donors (Lipinski definition) is 0.